The zero-order chi connectivity index (χ0) is 70.9. The van der Waals surface area contributed by atoms with Crippen molar-refractivity contribution in [2.75, 3.05) is 39.6 Å². The molecule has 0 fully saturated rings. The van der Waals surface area contributed by atoms with E-state index in [1.54, 1.807) is 0 Å². The topological polar surface area (TPSA) is 237 Å². The molecule has 0 aliphatic heterocycles. The maximum absolute atomic E-state index is 13.1. The molecule has 0 aromatic rings. The molecule has 3 N–H and O–H groups in total. The van der Waals surface area contributed by atoms with Crippen molar-refractivity contribution in [3.63, 3.8) is 0 Å². The fourth-order valence-corrected chi connectivity index (χ4v) is 13.3. The molecule has 570 valence electrons. The van der Waals surface area contributed by atoms with Crippen LogP contribution in [0, 0.1) is 17.8 Å². The summed E-state index contributed by atoms with van der Waals surface area (Å²) in [6.07, 6.45) is 53.9. The van der Waals surface area contributed by atoms with Gasteiger partial charge in [-0.25, -0.2) is 9.13 Å². The van der Waals surface area contributed by atoms with Crippen molar-refractivity contribution in [2.45, 2.75) is 414 Å². The lowest BCUT2D eigenvalue weighted by Gasteiger charge is -2.21. The molecule has 0 aliphatic carbocycles. The van der Waals surface area contributed by atoms with E-state index in [2.05, 4.69) is 48.5 Å². The van der Waals surface area contributed by atoms with Crippen LogP contribution in [0.1, 0.15) is 395 Å². The summed E-state index contributed by atoms with van der Waals surface area (Å²) in [5.74, 6) is 0.231. The third-order valence-corrected chi connectivity index (χ3v) is 20.1. The minimum atomic E-state index is -4.96. The van der Waals surface area contributed by atoms with Gasteiger partial charge < -0.3 is 33.8 Å². The molecule has 17 nitrogen and oxygen atoms in total. The van der Waals surface area contributed by atoms with Crippen molar-refractivity contribution in [2.24, 2.45) is 17.8 Å². The zero-order valence-electron chi connectivity index (χ0n) is 62.8. The number of carbonyl (C=O) groups excluding carboxylic acids is 4. The Morgan fingerprint density at radius 1 is 0.302 bits per heavy atom. The molecule has 0 saturated carbocycles. The van der Waals surface area contributed by atoms with E-state index in [1.807, 2.05) is 0 Å². The van der Waals surface area contributed by atoms with Gasteiger partial charge in [-0.1, -0.05) is 344 Å². The molecule has 0 saturated heterocycles. The highest BCUT2D eigenvalue weighted by Gasteiger charge is 2.30. The molecule has 0 bridgehead atoms. The number of ether oxygens (including phenoxy) is 4. The van der Waals surface area contributed by atoms with Gasteiger partial charge in [0.05, 0.1) is 26.4 Å². The van der Waals surface area contributed by atoms with Gasteiger partial charge in [0.15, 0.2) is 12.2 Å². The van der Waals surface area contributed by atoms with Crippen molar-refractivity contribution in [1.29, 1.82) is 0 Å². The molecule has 0 aromatic carbocycles. The number of phosphoric acid groups is 2. The van der Waals surface area contributed by atoms with E-state index < -0.39 is 97.5 Å². The molecule has 0 radical (unpaired) electrons. The Balaban J connectivity index is 5.26. The van der Waals surface area contributed by atoms with Crippen LogP contribution < -0.4 is 0 Å². The monoisotopic (exact) mass is 1410 g/mol. The highest BCUT2D eigenvalue weighted by atomic mass is 31.2. The van der Waals surface area contributed by atoms with Crippen molar-refractivity contribution in [1.82, 2.24) is 0 Å². The Morgan fingerprint density at radius 3 is 0.792 bits per heavy atom. The minimum absolute atomic E-state index is 0.105. The predicted octanol–water partition coefficient (Wildman–Crippen LogP) is 22.6. The SMILES string of the molecule is CCCCCCCCCCCCCCC(=O)OC[C@H](COP(=O)(O)OC[C@H](O)COP(=O)(O)OC[C@@H](COC(=O)CCCCCCCCCCCCCCC(C)C)OC(=O)CCCCCCCCCCCCCCCCC(C)C)OC(=O)CCCCCCCCCCC(C)CC. The van der Waals surface area contributed by atoms with E-state index in [9.17, 15) is 43.2 Å². The first kappa shape index (κ1) is 94.1. The molecule has 0 rings (SSSR count). The summed E-state index contributed by atoms with van der Waals surface area (Å²) in [4.78, 5) is 72.9. The lowest BCUT2D eigenvalue weighted by Crippen LogP contribution is -2.30. The van der Waals surface area contributed by atoms with Crippen molar-refractivity contribution in [3.8, 4) is 0 Å². The number of carbonyl (C=O) groups is 4. The second kappa shape index (κ2) is 67.5. The van der Waals surface area contributed by atoms with Crippen LogP contribution in [0.5, 0.6) is 0 Å². The average molecular weight is 1410 g/mol. The molecule has 0 heterocycles. The second-order valence-corrected chi connectivity index (χ2v) is 31.8. The standard InChI is InChI=1S/C77H150O17P2/c1-8-10-11-12-13-14-15-24-29-37-44-51-58-74(79)88-65-73(94-77(82)61-54-47-40-33-32-36-43-50-57-70(7)9-2)67-92-96(85,86)90-63-71(78)62-89-95(83,84)91-66-72(64-87-75(80)59-52-45-38-30-25-21-20-23-28-35-42-49-56-69(5)6)93-76(81)60-53-46-39-31-26-19-17-16-18-22-27-34-41-48-55-68(3)4/h68-73,78H,8-67H2,1-7H3,(H,83,84)(H,85,86)/t70?,71-,72-,73-/m1/s1. The summed E-state index contributed by atoms with van der Waals surface area (Å²) < 4.78 is 68.6. The third-order valence-electron chi connectivity index (χ3n) is 18.2. The van der Waals surface area contributed by atoms with Gasteiger partial charge in [0.25, 0.3) is 0 Å². The van der Waals surface area contributed by atoms with Gasteiger partial charge in [-0.3, -0.25) is 37.3 Å². The highest BCUT2D eigenvalue weighted by Crippen LogP contribution is 2.45. The molecule has 6 atom stereocenters. The van der Waals surface area contributed by atoms with Gasteiger partial charge in [-0.05, 0) is 43.4 Å². The van der Waals surface area contributed by atoms with Crippen molar-refractivity contribution >= 4 is 39.5 Å². The van der Waals surface area contributed by atoms with Gasteiger partial charge in [0.1, 0.15) is 19.3 Å². The maximum Gasteiger partial charge on any atom is 0.472 e. The number of rotatable bonds is 75. The molecular formula is C77H150O17P2. The number of hydrogen-bond donors (Lipinski definition) is 3. The van der Waals surface area contributed by atoms with Gasteiger partial charge in [0, 0.05) is 25.7 Å². The summed E-state index contributed by atoms with van der Waals surface area (Å²) in [6, 6.07) is 0. The van der Waals surface area contributed by atoms with Crippen LogP contribution in [0.3, 0.4) is 0 Å². The molecular weight excluding hydrogens is 1260 g/mol. The lowest BCUT2D eigenvalue weighted by molar-refractivity contribution is -0.161. The third kappa shape index (κ3) is 69.2. The van der Waals surface area contributed by atoms with Crippen LogP contribution >= 0.6 is 15.6 Å². The van der Waals surface area contributed by atoms with Gasteiger partial charge in [0.2, 0.25) is 0 Å². The molecule has 0 aromatic heterocycles. The number of phosphoric ester groups is 2. The second-order valence-electron chi connectivity index (χ2n) is 28.9. The van der Waals surface area contributed by atoms with Crippen LogP contribution in [0.2, 0.25) is 0 Å². The molecule has 19 heteroatoms. The van der Waals surface area contributed by atoms with E-state index in [4.69, 9.17) is 37.0 Å². The number of esters is 4. The summed E-state index contributed by atoms with van der Waals surface area (Å²) in [6.45, 7) is 11.9. The fourth-order valence-electron chi connectivity index (χ4n) is 11.7. The largest absolute Gasteiger partial charge is 0.472 e. The molecule has 96 heavy (non-hydrogen) atoms. The molecule has 0 spiro atoms. The van der Waals surface area contributed by atoms with Crippen molar-refractivity contribution < 1.29 is 80.2 Å². The maximum atomic E-state index is 13.1. The number of unbranched alkanes of at least 4 members (excludes halogenated alkanes) is 42. The van der Waals surface area contributed by atoms with E-state index >= 15 is 0 Å². The van der Waals surface area contributed by atoms with Gasteiger partial charge >= 0.3 is 39.5 Å². The summed E-state index contributed by atoms with van der Waals surface area (Å²) >= 11 is 0. The summed E-state index contributed by atoms with van der Waals surface area (Å²) in [5.41, 5.74) is 0. The lowest BCUT2D eigenvalue weighted by atomic mass is 9.99. The Morgan fingerprint density at radius 2 is 0.531 bits per heavy atom. The Hall–Kier alpha value is -1.94. The number of aliphatic hydroxyl groups excluding tert-OH is 1. The predicted molar refractivity (Wildman–Crippen MR) is 391 cm³/mol. The Kier molecular flexibility index (Phi) is 66.2. The number of aliphatic hydroxyl groups is 1. The first-order chi connectivity index (χ1) is 46.3. The highest BCUT2D eigenvalue weighted by molar-refractivity contribution is 7.47. The van der Waals surface area contributed by atoms with Crippen LogP contribution in [-0.2, 0) is 65.4 Å². The summed E-state index contributed by atoms with van der Waals surface area (Å²) in [5, 5.41) is 10.6. The van der Waals surface area contributed by atoms with Crippen LogP contribution in [-0.4, -0.2) is 96.7 Å². The smallest absolute Gasteiger partial charge is 0.462 e. The Labute approximate surface area is 588 Å². The molecule has 3 unspecified atom stereocenters. The summed E-state index contributed by atoms with van der Waals surface area (Å²) in [7, 11) is -9.91. The van der Waals surface area contributed by atoms with E-state index in [1.165, 1.54) is 205 Å². The van der Waals surface area contributed by atoms with Gasteiger partial charge in [-0.15, -0.1) is 0 Å². The first-order valence-corrected chi connectivity index (χ1v) is 42.9. The van der Waals surface area contributed by atoms with E-state index in [-0.39, 0.29) is 25.7 Å². The van der Waals surface area contributed by atoms with E-state index in [0.717, 1.165) is 108 Å². The quantitative estimate of drug-likeness (QED) is 0.0222. The minimum Gasteiger partial charge on any atom is -0.462 e. The molecule has 0 amide bonds. The fraction of sp³-hybridized carbons (Fsp3) is 0.948. The first-order valence-electron chi connectivity index (χ1n) is 39.9. The Bertz CT molecular complexity index is 1870. The number of hydrogen-bond acceptors (Lipinski definition) is 15. The van der Waals surface area contributed by atoms with Crippen molar-refractivity contribution in [3.05, 3.63) is 0 Å². The van der Waals surface area contributed by atoms with Gasteiger partial charge in [-0.2, -0.15) is 0 Å². The van der Waals surface area contributed by atoms with Crippen LogP contribution in [0.15, 0.2) is 0 Å². The normalized spacial score (nSPS) is 14.3. The van der Waals surface area contributed by atoms with Crippen LogP contribution in [0.25, 0.3) is 0 Å². The molecule has 0 aliphatic rings. The van der Waals surface area contributed by atoms with E-state index in [0.29, 0.717) is 25.7 Å². The average Bonchev–Trinajstić information content (AvgIpc) is 1.16. The zero-order valence-corrected chi connectivity index (χ0v) is 64.6. The van der Waals surface area contributed by atoms with Crippen LogP contribution in [0.4, 0.5) is 0 Å².